The Labute approximate surface area is 190 Å². The van der Waals surface area contributed by atoms with Gasteiger partial charge in [-0.3, -0.25) is 0 Å². The summed E-state index contributed by atoms with van der Waals surface area (Å²) in [6.45, 7) is 2.32. The van der Waals surface area contributed by atoms with Gasteiger partial charge in [0.1, 0.15) is 5.75 Å². The van der Waals surface area contributed by atoms with Crippen LogP contribution in [0.3, 0.4) is 0 Å². The average Bonchev–Trinajstić information content (AvgIpc) is 2.92. The molecule has 0 heterocycles. The van der Waals surface area contributed by atoms with E-state index in [1.54, 1.807) is 0 Å². The van der Waals surface area contributed by atoms with Crippen LogP contribution in [0.4, 0.5) is 0 Å². The molecule has 188 valence electrons. The van der Waals surface area contributed by atoms with Crippen LogP contribution in [0.5, 0.6) is 5.75 Å². The lowest BCUT2D eigenvalue weighted by atomic mass is 9.55. The van der Waals surface area contributed by atoms with E-state index in [0.717, 1.165) is 25.2 Å². The van der Waals surface area contributed by atoms with Crippen LogP contribution in [0.25, 0.3) is 0 Å². The van der Waals surface area contributed by atoms with Crippen molar-refractivity contribution in [1.82, 2.24) is 0 Å². The van der Waals surface area contributed by atoms with Crippen LogP contribution in [0.15, 0.2) is 18.2 Å². The number of rotatable bonds is 4. The fraction of sp³-hybridized carbons (Fsp3) is 0.667. The highest BCUT2D eigenvalue weighted by Crippen LogP contribution is 2.64. The molecule has 3 aliphatic rings. The first-order valence-corrected chi connectivity index (χ1v) is 14.9. The van der Waals surface area contributed by atoms with E-state index in [1.165, 1.54) is 30.4 Å². The summed E-state index contributed by atoms with van der Waals surface area (Å²) >= 11 is 0. The Balaban J connectivity index is 0.000000207. The normalized spacial score (nSPS) is 31.6. The Hall–Kier alpha value is -0.610. The molecule has 0 aromatic heterocycles. The number of aliphatic hydroxyl groups is 1. The first kappa shape index (κ1) is 27.0. The molecule has 3 aliphatic carbocycles. The third-order valence-electron chi connectivity index (χ3n) is 7.08. The highest BCUT2D eigenvalue weighted by Gasteiger charge is 2.54. The van der Waals surface area contributed by atoms with E-state index < -0.39 is 23.5 Å². The molecule has 15 heteroatoms. The number of phenolic OH excluding ortho intramolecular Hbond substituents is 1. The largest absolute Gasteiger partial charge is 0.508 e. The number of phenols is 1. The number of benzene rings is 1. The third kappa shape index (κ3) is 6.54. The van der Waals surface area contributed by atoms with Gasteiger partial charge in [-0.25, -0.2) is 13.7 Å². The van der Waals surface area contributed by atoms with E-state index in [-0.39, 0.29) is 11.5 Å². The monoisotopic (exact) mass is 530 g/mol. The van der Waals surface area contributed by atoms with Gasteiger partial charge in [-0.2, -0.15) is 8.62 Å². The molecule has 0 aliphatic heterocycles. The molecule has 2 fully saturated rings. The van der Waals surface area contributed by atoms with E-state index >= 15 is 0 Å². The summed E-state index contributed by atoms with van der Waals surface area (Å²) in [6.07, 6.45) is 6.78. The maximum Gasteiger partial charge on any atom is 0.490 e. The molecule has 1 aromatic carbocycles. The smallest absolute Gasteiger partial charge is 0.490 e. The summed E-state index contributed by atoms with van der Waals surface area (Å²) < 4.78 is 36.4. The number of phosphoric acid groups is 3. The highest BCUT2D eigenvalue weighted by molar-refractivity contribution is 7.66. The molecule has 1 aromatic rings. The molecule has 33 heavy (non-hydrogen) atoms. The van der Waals surface area contributed by atoms with Crippen molar-refractivity contribution in [1.29, 1.82) is 0 Å². The van der Waals surface area contributed by atoms with Crippen LogP contribution in [0.1, 0.15) is 56.1 Å². The van der Waals surface area contributed by atoms with Crippen LogP contribution in [-0.4, -0.2) is 40.8 Å². The van der Waals surface area contributed by atoms with Crippen molar-refractivity contribution in [3.8, 4) is 5.75 Å². The first-order valence-electron chi connectivity index (χ1n) is 10.4. The quantitative estimate of drug-likeness (QED) is 0.280. The molecule has 4 rings (SSSR count). The standard InChI is InChI=1S/C18H24O2.H5O10P3/c1-18-9-8-14-13-5-3-12(19)10-11(13)2-4-15(14)16(18)6-7-17(18)20;1-11(2,3)9-13(7,8)10-12(4,5)6/h3,5,10,14-17,19-20H,2,4,6-9H2,1H3;(H,7,8)(H2,1,2,3)(H2,4,5,6)/t14-,15-,16+,17?,18+;/m1./s1. The Bertz CT molecular complexity index is 991. The summed E-state index contributed by atoms with van der Waals surface area (Å²) in [6, 6.07) is 5.96. The summed E-state index contributed by atoms with van der Waals surface area (Å²) in [4.78, 5) is 40.2. The van der Waals surface area contributed by atoms with Crippen molar-refractivity contribution in [2.75, 3.05) is 0 Å². The number of aromatic hydroxyl groups is 1. The van der Waals surface area contributed by atoms with E-state index in [0.29, 0.717) is 17.6 Å². The van der Waals surface area contributed by atoms with Gasteiger partial charge in [0.05, 0.1) is 6.10 Å². The van der Waals surface area contributed by atoms with E-state index in [4.69, 9.17) is 24.5 Å². The van der Waals surface area contributed by atoms with Crippen molar-refractivity contribution in [3.05, 3.63) is 29.3 Å². The van der Waals surface area contributed by atoms with Gasteiger partial charge >= 0.3 is 23.5 Å². The van der Waals surface area contributed by atoms with Crippen molar-refractivity contribution in [3.63, 3.8) is 0 Å². The van der Waals surface area contributed by atoms with E-state index in [2.05, 4.69) is 21.6 Å². The maximum atomic E-state index is 10.4. The maximum absolute atomic E-state index is 10.4. The predicted molar refractivity (Wildman–Crippen MR) is 115 cm³/mol. The fourth-order valence-corrected chi connectivity index (χ4v) is 8.36. The zero-order valence-corrected chi connectivity index (χ0v) is 20.5. The zero-order chi connectivity index (χ0) is 24.8. The van der Waals surface area contributed by atoms with Crippen LogP contribution < -0.4 is 0 Å². The van der Waals surface area contributed by atoms with Crippen LogP contribution >= 0.6 is 23.5 Å². The molecule has 1 unspecified atom stereocenters. The van der Waals surface area contributed by atoms with Gasteiger partial charge < -0.3 is 34.7 Å². The minimum absolute atomic E-state index is 0.0883. The molecule has 0 saturated heterocycles. The summed E-state index contributed by atoms with van der Waals surface area (Å²) in [5.74, 6) is 2.49. The summed E-state index contributed by atoms with van der Waals surface area (Å²) in [5, 5.41) is 20.0. The Kier molecular flexibility index (Phi) is 7.73. The molecule has 7 N–H and O–H groups in total. The van der Waals surface area contributed by atoms with Crippen molar-refractivity contribution >= 4 is 23.5 Å². The molecular weight excluding hydrogens is 501 g/mol. The number of fused-ring (bicyclic) bond motifs is 5. The number of aryl methyl sites for hydroxylation is 1. The van der Waals surface area contributed by atoms with Gasteiger partial charge in [0.25, 0.3) is 0 Å². The molecular formula is C18H29O12P3. The van der Waals surface area contributed by atoms with Crippen LogP contribution in [-0.2, 0) is 28.7 Å². The van der Waals surface area contributed by atoms with Crippen molar-refractivity contribution in [2.45, 2.75) is 57.5 Å². The third-order valence-corrected chi connectivity index (χ3v) is 10.4. The van der Waals surface area contributed by atoms with Gasteiger partial charge in [-0.15, -0.1) is 0 Å². The minimum atomic E-state index is -5.46. The number of aliphatic hydroxyl groups excluding tert-OH is 1. The van der Waals surface area contributed by atoms with Gasteiger partial charge in [0.15, 0.2) is 0 Å². The second-order valence-corrected chi connectivity index (χ2v) is 13.3. The fourth-order valence-electron chi connectivity index (χ4n) is 5.82. The van der Waals surface area contributed by atoms with Crippen LogP contribution in [0, 0.1) is 17.3 Å². The highest BCUT2D eigenvalue weighted by atomic mass is 31.3. The van der Waals surface area contributed by atoms with Gasteiger partial charge in [-0.1, -0.05) is 13.0 Å². The molecule has 5 atom stereocenters. The minimum Gasteiger partial charge on any atom is -0.508 e. The van der Waals surface area contributed by atoms with E-state index in [1.807, 2.05) is 12.1 Å². The van der Waals surface area contributed by atoms with Gasteiger partial charge in [0, 0.05) is 0 Å². The molecule has 0 amide bonds. The average molecular weight is 530 g/mol. The second-order valence-electron chi connectivity index (χ2n) is 9.05. The zero-order valence-electron chi connectivity index (χ0n) is 17.8. The van der Waals surface area contributed by atoms with Crippen LogP contribution in [0.2, 0.25) is 0 Å². The predicted octanol–water partition coefficient (Wildman–Crippen LogP) is 2.91. The lowest BCUT2D eigenvalue weighted by molar-refractivity contribution is -0.0226. The summed E-state index contributed by atoms with van der Waals surface area (Å²) in [5.41, 5.74) is 2.99. The molecule has 12 nitrogen and oxygen atoms in total. The number of hydrogen-bond acceptors (Lipinski definition) is 7. The lowest BCUT2D eigenvalue weighted by Gasteiger charge is -2.50. The van der Waals surface area contributed by atoms with Gasteiger partial charge in [-0.05, 0) is 85.0 Å². The first-order chi connectivity index (χ1) is 15.0. The van der Waals surface area contributed by atoms with Crippen molar-refractivity contribution < 1.29 is 57.0 Å². The molecule has 2 saturated carbocycles. The topological polar surface area (TPSA) is 211 Å². The lowest BCUT2D eigenvalue weighted by Crippen LogP contribution is -2.43. The van der Waals surface area contributed by atoms with Gasteiger partial charge in [0.2, 0.25) is 0 Å². The van der Waals surface area contributed by atoms with E-state index in [9.17, 15) is 23.9 Å². The van der Waals surface area contributed by atoms with Crippen molar-refractivity contribution in [2.24, 2.45) is 17.3 Å². The number of hydrogen-bond donors (Lipinski definition) is 7. The SMILES string of the molecule is C[C@]12CC[C@@H]3c4ccc(O)cc4CC[C@H]3[C@@H]1CCC2O.O=P(O)(O)OP(=O)(O)OP(=O)(O)O. The molecule has 0 bridgehead atoms. The second kappa shape index (κ2) is 9.45. The molecule has 0 spiro atoms. The Morgan fingerprint density at radius 2 is 1.55 bits per heavy atom. The molecule has 0 radical (unpaired) electrons. The Morgan fingerprint density at radius 3 is 2.12 bits per heavy atom. The Morgan fingerprint density at radius 1 is 0.939 bits per heavy atom. The summed E-state index contributed by atoms with van der Waals surface area (Å²) in [7, 11) is -16.2.